The van der Waals surface area contributed by atoms with Crippen LogP contribution in [0, 0.1) is 5.92 Å². The Morgan fingerprint density at radius 3 is 2.50 bits per heavy atom. The molecule has 16 heavy (non-hydrogen) atoms. The van der Waals surface area contributed by atoms with E-state index in [1.54, 1.807) is 0 Å². The minimum atomic E-state index is -4.35. The van der Waals surface area contributed by atoms with Crippen LogP contribution in [-0.2, 0) is 6.18 Å². The van der Waals surface area contributed by atoms with Gasteiger partial charge in [0.15, 0.2) is 0 Å². The number of hydrogen-bond acceptors (Lipinski definition) is 1. The van der Waals surface area contributed by atoms with Crippen molar-refractivity contribution in [3.05, 3.63) is 28.8 Å². The second-order valence-corrected chi connectivity index (χ2v) is 4.49. The molecule has 1 aromatic rings. The van der Waals surface area contributed by atoms with Gasteiger partial charge in [0.25, 0.3) is 0 Å². The van der Waals surface area contributed by atoms with Crippen molar-refractivity contribution in [3.63, 3.8) is 0 Å². The smallest absolute Gasteiger partial charge is 0.385 e. The maximum atomic E-state index is 12.5. The summed E-state index contributed by atoms with van der Waals surface area (Å²) in [5.41, 5.74) is -0.273. The molecule has 1 saturated carbocycles. The number of nitrogens with one attached hydrogen (secondary N) is 1. The molecule has 0 unspecified atom stereocenters. The molecule has 0 spiro atoms. The highest BCUT2D eigenvalue weighted by Gasteiger charge is 2.31. The van der Waals surface area contributed by atoms with Gasteiger partial charge in [-0.15, -0.1) is 0 Å². The maximum Gasteiger partial charge on any atom is 0.416 e. The number of hydrogen-bond donors (Lipinski definition) is 1. The van der Waals surface area contributed by atoms with Crippen LogP contribution >= 0.6 is 11.6 Å². The average molecular weight is 250 g/mol. The lowest BCUT2D eigenvalue weighted by Gasteiger charge is -2.11. The van der Waals surface area contributed by atoms with Crippen LogP contribution in [0.1, 0.15) is 18.4 Å². The summed E-state index contributed by atoms with van der Waals surface area (Å²) in [5.74, 6) is 0.605. The first kappa shape index (κ1) is 11.6. The molecule has 0 atom stereocenters. The normalized spacial score (nSPS) is 16.2. The molecule has 1 aliphatic rings. The summed E-state index contributed by atoms with van der Waals surface area (Å²) in [6.45, 7) is 0.720. The van der Waals surface area contributed by atoms with Gasteiger partial charge in [-0.05, 0) is 37.0 Å². The van der Waals surface area contributed by atoms with Crippen LogP contribution in [0.2, 0.25) is 5.02 Å². The Labute approximate surface area is 96.6 Å². The second-order valence-electron chi connectivity index (χ2n) is 4.05. The summed E-state index contributed by atoms with van der Waals surface area (Å²) in [4.78, 5) is 0. The highest BCUT2D eigenvalue weighted by Crippen LogP contribution is 2.34. The summed E-state index contributed by atoms with van der Waals surface area (Å²) in [6, 6.07) is 3.54. The predicted octanol–water partition coefficient (Wildman–Crippen LogP) is 4.18. The fourth-order valence-electron chi connectivity index (χ4n) is 1.44. The molecule has 1 aromatic carbocycles. The molecule has 1 nitrogen and oxygen atoms in total. The molecular weight excluding hydrogens is 239 g/mol. The summed E-state index contributed by atoms with van der Waals surface area (Å²) in [5, 5.41) is 3.08. The third-order valence-electron chi connectivity index (χ3n) is 2.52. The van der Waals surface area contributed by atoms with E-state index in [1.165, 1.54) is 6.07 Å². The lowest BCUT2D eigenvalue weighted by atomic mass is 10.2. The Morgan fingerprint density at radius 1 is 1.25 bits per heavy atom. The molecule has 0 radical (unpaired) electrons. The fraction of sp³-hybridized carbons (Fsp3) is 0.455. The van der Waals surface area contributed by atoms with Crippen molar-refractivity contribution in [2.24, 2.45) is 5.92 Å². The van der Waals surface area contributed by atoms with Crippen molar-refractivity contribution in [1.29, 1.82) is 0 Å². The van der Waals surface area contributed by atoms with E-state index in [0.29, 0.717) is 11.6 Å². The van der Waals surface area contributed by atoms with Crippen LogP contribution in [-0.4, -0.2) is 6.54 Å². The molecule has 0 bridgehead atoms. The van der Waals surface area contributed by atoms with Crippen molar-refractivity contribution in [1.82, 2.24) is 0 Å². The molecule has 0 aromatic heterocycles. The minimum Gasteiger partial charge on any atom is -0.385 e. The highest BCUT2D eigenvalue weighted by atomic mass is 35.5. The monoisotopic (exact) mass is 249 g/mol. The van der Waals surface area contributed by atoms with Crippen LogP contribution in [0.4, 0.5) is 18.9 Å². The molecule has 1 fully saturated rings. The highest BCUT2D eigenvalue weighted by molar-refractivity contribution is 6.30. The molecule has 5 heteroatoms. The molecule has 1 N–H and O–H groups in total. The van der Waals surface area contributed by atoms with Crippen molar-refractivity contribution < 1.29 is 13.2 Å². The van der Waals surface area contributed by atoms with Gasteiger partial charge in [0.1, 0.15) is 0 Å². The van der Waals surface area contributed by atoms with Crippen LogP contribution in [0.5, 0.6) is 0 Å². The van der Waals surface area contributed by atoms with E-state index >= 15 is 0 Å². The van der Waals surface area contributed by atoms with Gasteiger partial charge in [0.05, 0.1) is 5.56 Å². The van der Waals surface area contributed by atoms with Gasteiger partial charge in [-0.1, -0.05) is 11.6 Å². The zero-order valence-electron chi connectivity index (χ0n) is 8.44. The summed E-state index contributed by atoms with van der Waals surface area (Å²) < 4.78 is 37.4. The van der Waals surface area contributed by atoms with Gasteiger partial charge in [-0.2, -0.15) is 13.2 Å². The van der Waals surface area contributed by atoms with Crippen LogP contribution < -0.4 is 5.32 Å². The third kappa shape index (κ3) is 3.04. The van der Waals surface area contributed by atoms with E-state index in [-0.39, 0.29) is 5.02 Å². The Morgan fingerprint density at radius 2 is 1.94 bits per heavy atom. The van der Waals surface area contributed by atoms with Crippen molar-refractivity contribution in [2.75, 3.05) is 11.9 Å². The van der Waals surface area contributed by atoms with Crippen LogP contribution in [0.15, 0.2) is 18.2 Å². The molecule has 0 saturated heterocycles. The Balaban J connectivity index is 2.14. The van der Waals surface area contributed by atoms with Crippen molar-refractivity contribution in [2.45, 2.75) is 19.0 Å². The third-order valence-corrected chi connectivity index (χ3v) is 2.74. The van der Waals surface area contributed by atoms with Crippen molar-refractivity contribution in [3.8, 4) is 0 Å². The number of benzene rings is 1. The lowest BCUT2D eigenvalue weighted by Crippen LogP contribution is -2.08. The predicted molar refractivity (Wildman–Crippen MR) is 57.7 cm³/mol. The molecule has 0 amide bonds. The van der Waals surface area contributed by atoms with E-state index in [9.17, 15) is 13.2 Å². The van der Waals surface area contributed by atoms with Crippen LogP contribution in [0.25, 0.3) is 0 Å². The second kappa shape index (κ2) is 4.17. The number of rotatable bonds is 3. The van der Waals surface area contributed by atoms with E-state index < -0.39 is 11.7 Å². The van der Waals surface area contributed by atoms with Crippen LogP contribution in [0.3, 0.4) is 0 Å². The molecule has 88 valence electrons. The van der Waals surface area contributed by atoms with E-state index in [0.717, 1.165) is 31.5 Å². The topological polar surface area (TPSA) is 12.0 Å². The van der Waals surface area contributed by atoms with Gasteiger partial charge in [0.2, 0.25) is 0 Å². The molecule has 2 rings (SSSR count). The number of halogens is 4. The Bertz CT molecular complexity index is 385. The summed E-state index contributed by atoms with van der Waals surface area (Å²) >= 11 is 5.65. The first-order valence-corrected chi connectivity index (χ1v) is 5.44. The van der Waals surface area contributed by atoms with Gasteiger partial charge >= 0.3 is 6.18 Å². The standard InChI is InChI=1S/C11H11ClF3N/c12-9-3-8(11(13,14)15)4-10(5-9)16-6-7-1-2-7/h3-5,7,16H,1-2,6H2. The lowest BCUT2D eigenvalue weighted by molar-refractivity contribution is -0.137. The molecular formula is C11H11ClF3N. The largest absolute Gasteiger partial charge is 0.416 e. The quantitative estimate of drug-likeness (QED) is 0.847. The Hall–Kier alpha value is -0.900. The molecule has 0 heterocycles. The average Bonchev–Trinajstić information content (AvgIpc) is 2.96. The van der Waals surface area contributed by atoms with Gasteiger partial charge in [0, 0.05) is 17.3 Å². The van der Waals surface area contributed by atoms with E-state index in [4.69, 9.17) is 11.6 Å². The summed E-state index contributed by atoms with van der Waals surface area (Å²) in [7, 11) is 0. The number of alkyl halides is 3. The minimum absolute atomic E-state index is 0.105. The first-order chi connectivity index (χ1) is 7.45. The van der Waals surface area contributed by atoms with Gasteiger partial charge in [-0.3, -0.25) is 0 Å². The van der Waals surface area contributed by atoms with E-state index in [1.807, 2.05) is 0 Å². The maximum absolute atomic E-state index is 12.5. The fourth-order valence-corrected chi connectivity index (χ4v) is 1.67. The zero-order valence-corrected chi connectivity index (χ0v) is 9.20. The van der Waals surface area contributed by atoms with Gasteiger partial charge in [-0.25, -0.2) is 0 Å². The van der Waals surface area contributed by atoms with E-state index in [2.05, 4.69) is 5.32 Å². The molecule has 1 aliphatic carbocycles. The van der Waals surface area contributed by atoms with Crippen molar-refractivity contribution >= 4 is 17.3 Å². The first-order valence-electron chi connectivity index (χ1n) is 5.07. The van der Waals surface area contributed by atoms with Gasteiger partial charge < -0.3 is 5.32 Å². The number of anilines is 1. The summed E-state index contributed by atoms with van der Waals surface area (Å²) in [6.07, 6.45) is -2.04. The molecule has 0 aliphatic heterocycles. The SMILES string of the molecule is FC(F)(F)c1cc(Cl)cc(NCC2CC2)c1. The Kier molecular flexibility index (Phi) is 3.02. The zero-order chi connectivity index (χ0) is 11.8.